The second kappa shape index (κ2) is 7.83. The Hall–Kier alpha value is -2.81. The highest BCUT2D eigenvalue weighted by molar-refractivity contribution is 5.86. The van der Waals surface area contributed by atoms with Gasteiger partial charge in [0.05, 0.1) is 11.5 Å². The Bertz CT molecular complexity index is 911. The van der Waals surface area contributed by atoms with Crippen LogP contribution in [-0.2, 0) is 17.3 Å². The van der Waals surface area contributed by atoms with E-state index >= 15 is 0 Å². The first-order valence-electron chi connectivity index (χ1n) is 8.37. The van der Waals surface area contributed by atoms with Crippen LogP contribution in [0.15, 0.2) is 36.7 Å². The van der Waals surface area contributed by atoms with Crippen LogP contribution in [0.25, 0.3) is 11.0 Å². The molecule has 1 aliphatic heterocycles. The molecule has 3 N–H and O–H groups in total. The number of nitrogens with zero attached hydrogens (tertiary/aromatic N) is 2. The van der Waals surface area contributed by atoms with E-state index in [0.717, 1.165) is 31.2 Å². The number of H-pyrrole nitrogens is 1. The minimum atomic E-state index is -4.42. The number of halogens is 3. The highest BCUT2D eigenvalue weighted by atomic mass is 19.4. The Kier molecular flexibility index (Phi) is 5.50. The number of aromatic amines is 1. The molecule has 0 amide bonds. The molecule has 1 aliphatic rings. The maximum absolute atomic E-state index is 12.2. The van der Waals surface area contributed by atoms with Gasteiger partial charge in [0.15, 0.2) is 0 Å². The molecule has 27 heavy (non-hydrogen) atoms. The number of para-hydroxylation sites is 1. The fourth-order valence-corrected chi connectivity index (χ4v) is 2.75. The molecule has 0 saturated heterocycles. The zero-order chi connectivity index (χ0) is 19.4. The van der Waals surface area contributed by atoms with Crippen molar-refractivity contribution in [1.29, 1.82) is 0 Å². The van der Waals surface area contributed by atoms with Gasteiger partial charge in [-0.05, 0) is 24.6 Å². The van der Waals surface area contributed by atoms with Crippen LogP contribution < -0.4 is 10.5 Å². The molecule has 2 aromatic heterocycles. The third kappa shape index (κ3) is 4.48. The summed E-state index contributed by atoms with van der Waals surface area (Å²) in [5, 5.41) is 0.180. The predicted molar refractivity (Wildman–Crippen MR) is 94.4 cm³/mol. The first-order valence-corrected chi connectivity index (χ1v) is 8.37. The molecule has 3 aromatic rings. The smallest absolute Gasteiger partial charge is 0.431 e. The Morgan fingerprint density at radius 1 is 1.30 bits per heavy atom. The van der Waals surface area contributed by atoms with Crippen molar-refractivity contribution in [2.24, 2.45) is 0 Å². The zero-order valence-electron chi connectivity index (χ0n) is 14.6. The van der Waals surface area contributed by atoms with Crippen LogP contribution in [0, 0.1) is 0 Å². The summed E-state index contributed by atoms with van der Waals surface area (Å²) in [6.45, 7) is 3.46. The molecule has 0 saturated carbocycles. The van der Waals surface area contributed by atoms with Gasteiger partial charge < -0.3 is 20.2 Å². The molecule has 9 heteroatoms. The van der Waals surface area contributed by atoms with Crippen LogP contribution in [-0.4, -0.2) is 34.3 Å². The van der Waals surface area contributed by atoms with Crippen molar-refractivity contribution >= 4 is 16.9 Å². The lowest BCUT2D eigenvalue weighted by Crippen LogP contribution is -2.28. The number of rotatable bonds is 2. The molecule has 1 unspecified atom stereocenters. The summed E-state index contributed by atoms with van der Waals surface area (Å²) in [6.07, 6.45) is -2.11. The summed E-state index contributed by atoms with van der Waals surface area (Å²) >= 11 is 0. The number of fused-ring (bicyclic) bond motifs is 2. The molecule has 1 atom stereocenters. The second-order valence-electron chi connectivity index (χ2n) is 5.90. The maximum Gasteiger partial charge on any atom is 0.431 e. The Morgan fingerprint density at radius 3 is 2.78 bits per heavy atom. The van der Waals surface area contributed by atoms with E-state index < -0.39 is 11.9 Å². The van der Waals surface area contributed by atoms with Gasteiger partial charge in [-0.1, -0.05) is 18.2 Å². The van der Waals surface area contributed by atoms with E-state index in [1.807, 2.05) is 25.1 Å². The summed E-state index contributed by atoms with van der Waals surface area (Å²) in [6, 6.07) is 9.04. The molecule has 0 radical (unpaired) electrons. The first-order chi connectivity index (χ1) is 12.9. The molecule has 0 fully saturated rings. The molecular weight excluding hydrogens is 361 g/mol. The van der Waals surface area contributed by atoms with E-state index in [0.29, 0.717) is 6.61 Å². The molecule has 6 nitrogen and oxygen atoms in total. The quantitative estimate of drug-likeness (QED) is 0.710. The summed E-state index contributed by atoms with van der Waals surface area (Å²) in [7, 11) is 0. The lowest BCUT2D eigenvalue weighted by atomic mass is 10.0. The number of benzene rings is 1. The van der Waals surface area contributed by atoms with Gasteiger partial charge in [-0.2, -0.15) is 13.2 Å². The molecule has 0 spiro atoms. The molecule has 3 heterocycles. The Labute approximate surface area is 153 Å². The molecule has 1 aromatic carbocycles. The van der Waals surface area contributed by atoms with Crippen molar-refractivity contribution in [2.75, 3.05) is 18.9 Å². The average molecular weight is 380 g/mol. The third-order valence-electron chi connectivity index (χ3n) is 4.01. The van der Waals surface area contributed by atoms with E-state index in [-0.39, 0.29) is 23.0 Å². The lowest BCUT2D eigenvalue weighted by molar-refractivity contribution is -0.140. The van der Waals surface area contributed by atoms with Gasteiger partial charge in [-0.15, -0.1) is 0 Å². The van der Waals surface area contributed by atoms with Crippen molar-refractivity contribution in [3.05, 3.63) is 47.9 Å². The van der Waals surface area contributed by atoms with Gasteiger partial charge in [0, 0.05) is 13.0 Å². The van der Waals surface area contributed by atoms with Crippen LogP contribution in [0.5, 0.6) is 5.75 Å². The maximum atomic E-state index is 12.2. The number of aromatic nitrogens is 3. The Morgan fingerprint density at radius 2 is 2.07 bits per heavy atom. The van der Waals surface area contributed by atoms with E-state index in [4.69, 9.17) is 15.2 Å². The largest absolute Gasteiger partial charge is 0.491 e. The number of hydrogen-bond donors (Lipinski definition) is 2. The van der Waals surface area contributed by atoms with Crippen molar-refractivity contribution < 1.29 is 22.6 Å². The van der Waals surface area contributed by atoms with E-state index in [1.54, 1.807) is 0 Å². The minimum Gasteiger partial charge on any atom is -0.491 e. The van der Waals surface area contributed by atoms with Crippen LogP contribution in [0.4, 0.5) is 19.0 Å². The highest BCUT2D eigenvalue weighted by Crippen LogP contribution is 2.31. The number of nitrogens with two attached hydrogens (primary N) is 1. The number of ether oxygens (including phenoxy) is 2. The summed E-state index contributed by atoms with van der Waals surface area (Å²) in [5.74, 6) is 1.04. The fraction of sp³-hybridized carbons (Fsp3) is 0.333. The lowest BCUT2D eigenvalue weighted by Gasteiger charge is -2.24. The summed E-state index contributed by atoms with van der Waals surface area (Å²) in [5.41, 5.74) is 5.84. The van der Waals surface area contributed by atoms with Gasteiger partial charge in [-0.3, -0.25) is 0 Å². The van der Waals surface area contributed by atoms with Crippen LogP contribution in [0.1, 0.15) is 18.2 Å². The molecule has 144 valence electrons. The van der Waals surface area contributed by atoms with Crippen LogP contribution in [0.3, 0.4) is 0 Å². The number of anilines is 1. The van der Waals surface area contributed by atoms with Crippen molar-refractivity contribution in [1.82, 2.24) is 15.0 Å². The monoisotopic (exact) mass is 380 g/mol. The van der Waals surface area contributed by atoms with Crippen molar-refractivity contribution in [3.8, 4) is 5.75 Å². The molecular formula is C18H19F3N4O2. The number of alkyl halides is 3. The molecule has 0 aliphatic carbocycles. The summed E-state index contributed by atoms with van der Waals surface area (Å²) < 4.78 is 47.8. The topological polar surface area (TPSA) is 86.1 Å². The number of nitrogens with one attached hydrogen (secondary N) is 1. The third-order valence-corrected chi connectivity index (χ3v) is 4.01. The highest BCUT2D eigenvalue weighted by Gasteiger charge is 2.33. The standard InChI is InChI=1S/C11H14O2.C7H5F3N4/c1-2-12-10-7-9-5-3-4-6-11(9)13-8-10;8-7(9,10)4-1-3-5(11)12-2-13-6(3)14-4/h3-6,10H,2,7-8H2,1H3;1-2H,(H3,11,12,13,14). The normalized spacial score (nSPS) is 16.2. The number of hydrogen-bond acceptors (Lipinski definition) is 5. The molecule has 0 bridgehead atoms. The Balaban J connectivity index is 0.000000156. The van der Waals surface area contributed by atoms with Gasteiger partial charge in [0.25, 0.3) is 0 Å². The minimum absolute atomic E-state index is 0.0294. The SMILES string of the molecule is CCOC1COc2ccccc2C1.Nc1ncnc2[nH]c(C(F)(F)F)cc12. The predicted octanol–water partition coefficient (Wildman–Crippen LogP) is 3.59. The molecule has 4 rings (SSSR count). The van der Waals surface area contributed by atoms with Gasteiger partial charge in [0.2, 0.25) is 0 Å². The second-order valence-corrected chi connectivity index (χ2v) is 5.90. The van der Waals surface area contributed by atoms with E-state index in [1.165, 1.54) is 5.56 Å². The van der Waals surface area contributed by atoms with Crippen molar-refractivity contribution in [2.45, 2.75) is 25.6 Å². The zero-order valence-corrected chi connectivity index (χ0v) is 14.6. The van der Waals surface area contributed by atoms with E-state index in [9.17, 15) is 13.2 Å². The van der Waals surface area contributed by atoms with Gasteiger partial charge >= 0.3 is 6.18 Å². The first kappa shape index (κ1) is 19.0. The summed E-state index contributed by atoms with van der Waals surface area (Å²) in [4.78, 5) is 9.33. The van der Waals surface area contributed by atoms with Crippen LogP contribution in [0.2, 0.25) is 0 Å². The average Bonchev–Trinajstić information content (AvgIpc) is 3.09. The van der Waals surface area contributed by atoms with Crippen molar-refractivity contribution in [3.63, 3.8) is 0 Å². The fourth-order valence-electron chi connectivity index (χ4n) is 2.75. The number of nitrogen functional groups attached to an aromatic ring is 1. The van der Waals surface area contributed by atoms with Crippen LogP contribution >= 0.6 is 0 Å². The van der Waals surface area contributed by atoms with E-state index in [2.05, 4.69) is 21.0 Å². The van der Waals surface area contributed by atoms with Gasteiger partial charge in [-0.25, -0.2) is 9.97 Å². The van der Waals surface area contributed by atoms with Gasteiger partial charge in [0.1, 0.15) is 35.8 Å².